The number of benzene rings is 2. The minimum Gasteiger partial charge on any atom is -0.390 e. The van der Waals surface area contributed by atoms with Gasteiger partial charge in [0.25, 0.3) is 5.91 Å². The van der Waals surface area contributed by atoms with Crippen molar-refractivity contribution < 1.29 is 9.90 Å². The van der Waals surface area contributed by atoms with Crippen molar-refractivity contribution in [1.29, 1.82) is 0 Å². The fraction of sp³-hybridized carbons (Fsp3) is 0.458. The van der Waals surface area contributed by atoms with E-state index >= 15 is 0 Å². The van der Waals surface area contributed by atoms with Crippen LogP contribution in [0.3, 0.4) is 0 Å². The molecule has 4 heteroatoms. The molecule has 3 fully saturated rings. The molecule has 3 aromatic rings. The van der Waals surface area contributed by atoms with Gasteiger partial charge < -0.3 is 15.4 Å². The number of hydrogen-bond donors (Lipinski definition) is 3. The van der Waals surface area contributed by atoms with Crippen LogP contribution in [0.1, 0.15) is 48.9 Å². The number of carbonyl (C=O) groups is 1. The Labute approximate surface area is 164 Å². The van der Waals surface area contributed by atoms with Crippen molar-refractivity contribution in [3.63, 3.8) is 0 Å². The topological polar surface area (TPSA) is 65.1 Å². The smallest absolute Gasteiger partial charge is 0.251 e. The molecule has 2 aromatic carbocycles. The molecule has 1 amide bonds. The molecule has 1 heterocycles. The summed E-state index contributed by atoms with van der Waals surface area (Å²) in [5.41, 5.74) is 2.41. The van der Waals surface area contributed by atoms with Gasteiger partial charge in [0.2, 0.25) is 0 Å². The van der Waals surface area contributed by atoms with Gasteiger partial charge in [0.05, 0.1) is 5.60 Å². The van der Waals surface area contributed by atoms with Gasteiger partial charge in [-0.1, -0.05) is 18.2 Å². The number of aromatic amines is 1. The van der Waals surface area contributed by atoms with Gasteiger partial charge in [-0.3, -0.25) is 4.79 Å². The van der Waals surface area contributed by atoms with Crippen LogP contribution in [0, 0.1) is 17.8 Å². The van der Waals surface area contributed by atoms with E-state index in [4.69, 9.17) is 0 Å². The highest BCUT2D eigenvalue weighted by molar-refractivity contribution is 6.10. The minimum absolute atomic E-state index is 0.0189. The van der Waals surface area contributed by atoms with Crippen LogP contribution in [0.25, 0.3) is 21.8 Å². The quantitative estimate of drug-likeness (QED) is 0.623. The molecule has 3 N–H and O–H groups in total. The molecule has 3 aliphatic carbocycles. The zero-order valence-corrected chi connectivity index (χ0v) is 15.9. The summed E-state index contributed by atoms with van der Waals surface area (Å²) in [5, 5.41) is 16.5. The van der Waals surface area contributed by atoms with E-state index in [1.807, 2.05) is 30.3 Å². The van der Waals surface area contributed by atoms with Crippen molar-refractivity contribution in [2.75, 3.05) is 0 Å². The molecule has 5 unspecified atom stereocenters. The number of aromatic nitrogens is 1. The Balaban J connectivity index is 1.29. The zero-order chi connectivity index (χ0) is 18.9. The van der Waals surface area contributed by atoms with E-state index in [9.17, 15) is 9.90 Å². The van der Waals surface area contributed by atoms with Crippen molar-refractivity contribution in [2.45, 2.75) is 50.2 Å². The maximum atomic E-state index is 13.1. The average Bonchev–Trinajstić information content (AvgIpc) is 3.14. The van der Waals surface area contributed by atoms with Crippen LogP contribution in [-0.4, -0.2) is 27.6 Å². The fourth-order valence-corrected chi connectivity index (χ4v) is 6.54. The molecule has 6 rings (SSSR count). The van der Waals surface area contributed by atoms with E-state index < -0.39 is 5.60 Å². The SMILES string of the molecule is O=C(NC1CCC2CC3CC(O)(C2)CC31)c1ccc2[nH]c3ccccc3c2c1. The van der Waals surface area contributed by atoms with E-state index in [0.717, 1.165) is 59.5 Å². The first-order valence-corrected chi connectivity index (χ1v) is 10.6. The third-order valence-electron chi connectivity index (χ3n) is 7.66. The maximum Gasteiger partial charge on any atom is 0.251 e. The molecule has 3 aliphatic rings. The third-order valence-corrected chi connectivity index (χ3v) is 7.66. The fourth-order valence-electron chi connectivity index (χ4n) is 6.54. The summed E-state index contributed by atoms with van der Waals surface area (Å²) in [6, 6.07) is 14.3. The summed E-state index contributed by atoms with van der Waals surface area (Å²) in [7, 11) is 0. The van der Waals surface area contributed by atoms with Gasteiger partial charge in [-0.05, 0) is 80.5 Å². The van der Waals surface area contributed by atoms with Gasteiger partial charge in [0.1, 0.15) is 0 Å². The predicted molar refractivity (Wildman–Crippen MR) is 110 cm³/mol. The number of H-pyrrole nitrogens is 1. The van der Waals surface area contributed by atoms with Gasteiger partial charge in [-0.2, -0.15) is 0 Å². The summed E-state index contributed by atoms with van der Waals surface area (Å²) in [5.74, 6) is 1.66. The van der Waals surface area contributed by atoms with Crippen molar-refractivity contribution >= 4 is 27.7 Å². The van der Waals surface area contributed by atoms with Gasteiger partial charge in [-0.15, -0.1) is 0 Å². The predicted octanol–water partition coefficient (Wildman–Crippen LogP) is 4.38. The second-order valence-electron chi connectivity index (χ2n) is 9.45. The summed E-state index contributed by atoms with van der Waals surface area (Å²) in [4.78, 5) is 16.5. The van der Waals surface area contributed by atoms with Crippen LogP contribution in [0.15, 0.2) is 42.5 Å². The highest BCUT2D eigenvalue weighted by atomic mass is 16.3. The van der Waals surface area contributed by atoms with Crippen LogP contribution in [-0.2, 0) is 0 Å². The Morgan fingerprint density at radius 3 is 2.82 bits per heavy atom. The number of rotatable bonds is 2. The molecular formula is C24H26N2O2. The highest BCUT2D eigenvalue weighted by Crippen LogP contribution is 2.55. The third kappa shape index (κ3) is 2.51. The summed E-state index contributed by atoms with van der Waals surface area (Å²) in [6.45, 7) is 0. The number of carbonyl (C=O) groups excluding carboxylic acids is 1. The number of aliphatic hydroxyl groups is 1. The Morgan fingerprint density at radius 1 is 1.04 bits per heavy atom. The largest absolute Gasteiger partial charge is 0.390 e. The van der Waals surface area contributed by atoms with Crippen LogP contribution in [0.5, 0.6) is 0 Å². The number of hydrogen-bond acceptors (Lipinski definition) is 2. The molecule has 1 aromatic heterocycles. The van der Waals surface area contributed by atoms with Gasteiger partial charge in [0, 0.05) is 33.4 Å². The minimum atomic E-state index is -0.468. The van der Waals surface area contributed by atoms with E-state index in [1.165, 1.54) is 6.42 Å². The molecule has 0 aliphatic heterocycles. The second-order valence-corrected chi connectivity index (χ2v) is 9.45. The number of nitrogens with one attached hydrogen (secondary N) is 2. The molecule has 0 radical (unpaired) electrons. The Morgan fingerprint density at radius 2 is 1.89 bits per heavy atom. The molecule has 4 nitrogen and oxygen atoms in total. The summed E-state index contributed by atoms with van der Waals surface area (Å²) < 4.78 is 0. The lowest BCUT2D eigenvalue weighted by atomic mass is 9.77. The van der Waals surface area contributed by atoms with E-state index in [0.29, 0.717) is 17.8 Å². The molecule has 0 saturated heterocycles. The molecule has 28 heavy (non-hydrogen) atoms. The lowest BCUT2D eigenvalue weighted by Crippen LogP contribution is -2.41. The van der Waals surface area contributed by atoms with Crippen molar-refractivity contribution in [3.8, 4) is 0 Å². The summed E-state index contributed by atoms with van der Waals surface area (Å²) in [6.07, 6.45) is 6.17. The van der Waals surface area contributed by atoms with Crippen LogP contribution in [0.4, 0.5) is 0 Å². The maximum absolute atomic E-state index is 13.1. The monoisotopic (exact) mass is 374 g/mol. The first kappa shape index (κ1) is 16.6. The Hall–Kier alpha value is -2.33. The summed E-state index contributed by atoms with van der Waals surface area (Å²) >= 11 is 0. The lowest BCUT2D eigenvalue weighted by molar-refractivity contribution is -0.00594. The van der Waals surface area contributed by atoms with Gasteiger partial charge in [0.15, 0.2) is 0 Å². The van der Waals surface area contributed by atoms with Crippen LogP contribution >= 0.6 is 0 Å². The standard InChI is InChI=1S/C24H26N2O2/c27-23(15-6-8-21-18(10-15)17-3-1-2-4-20(17)25-21)26-22-7-5-14-9-16-12-24(28,11-14)13-19(16)22/h1-4,6,8,10,14,16,19,22,25,28H,5,7,9,11-13H2,(H,26,27). The van der Waals surface area contributed by atoms with Crippen molar-refractivity contribution in [1.82, 2.24) is 10.3 Å². The number of fused-ring (bicyclic) bond motifs is 5. The van der Waals surface area contributed by atoms with Crippen molar-refractivity contribution in [3.05, 3.63) is 48.0 Å². The molecule has 144 valence electrons. The normalized spacial score (nSPS) is 34.0. The molecule has 3 bridgehead atoms. The second kappa shape index (κ2) is 5.84. The first-order valence-electron chi connectivity index (χ1n) is 10.6. The molecule has 0 spiro atoms. The van der Waals surface area contributed by atoms with Crippen LogP contribution < -0.4 is 5.32 Å². The molecule has 3 saturated carbocycles. The van der Waals surface area contributed by atoms with E-state index in [1.54, 1.807) is 0 Å². The van der Waals surface area contributed by atoms with E-state index in [-0.39, 0.29) is 11.9 Å². The highest BCUT2D eigenvalue weighted by Gasteiger charge is 2.53. The number of para-hydroxylation sites is 1. The lowest BCUT2D eigenvalue weighted by Gasteiger charge is -2.33. The van der Waals surface area contributed by atoms with Crippen molar-refractivity contribution in [2.24, 2.45) is 17.8 Å². The molecule has 5 atom stereocenters. The molecular weight excluding hydrogens is 348 g/mol. The van der Waals surface area contributed by atoms with Gasteiger partial charge >= 0.3 is 0 Å². The zero-order valence-electron chi connectivity index (χ0n) is 15.9. The van der Waals surface area contributed by atoms with Crippen LogP contribution in [0.2, 0.25) is 0 Å². The van der Waals surface area contributed by atoms with Gasteiger partial charge in [-0.25, -0.2) is 0 Å². The number of amides is 1. The average molecular weight is 374 g/mol. The first-order chi connectivity index (χ1) is 13.6. The Bertz CT molecular complexity index is 1090. The Kier molecular flexibility index (Phi) is 3.46. The van der Waals surface area contributed by atoms with E-state index in [2.05, 4.69) is 22.4 Å².